The van der Waals surface area contributed by atoms with Crippen LogP contribution in [-0.2, 0) is 9.59 Å². The number of hydrogen-bond donors (Lipinski definition) is 0. The Morgan fingerprint density at radius 3 is 1.10 bits per heavy atom. The van der Waals surface area contributed by atoms with Crippen LogP contribution in [0.4, 0.5) is 0 Å². The van der Waals surface area contributed by atoms with E-state index in [1.807, 2.05) is 0 Å². The maximum absolute atomic E-state index is 9.32. The van der Waals surface area contributed by atoms with Crippen molar-refractivity contribution in [1.29, 1.82) is 0 Å². The fraction of sp³-hybridized carbons (Fsp3) is 0.250. The molecule has 0 bridgehead atoms. The van der Waals surface area contributed by atoms with Crippen molar-refractivity contribution in [3.63, 3.8) is 0 Å². The second-order valence-electron chi connectivity index (χ2n) is 1.32. The van der Waals surface area contributed by atoms with Crippen LogP contribution in [0.1, 0.15) is 13.8 Å². The number of carbonyl (C=O) groups excluding carboxylic acids is 2. The van der Waals surface area contributed by atoms with Gasteiger partial charge in [0.2, 0.25) is 0 Å². The summed E-state index contributed by atoms with van der Waals surface area (Å²) < 4.78 is 0. The number of allylic oxidation sites excluding steroid dienone is 4. The first-order chi connectivity index (χ1) is 4.83. The molecule has 0 fully saturated rings. The van der Waals surface area contributed by atoms with Gasteiger partial charge in [0.25, 0.3) is 0 Å². The SMILES string of the molecule is C/C=C/C=O.CC=CC=O. The third kappa shape index (κ3) is 29.0. The first-order valence-electron chi connectivity index (χ1n) is 2.96. The molecular weight excluding hydrogens is 128 g/mol. The van der Waals surface area contributed by atoms with Crippen LogP contribution in [0.5, 0.6) is 0 Å². The number of rotatable bonds is 2. The summed E-state index contributed by atoms with van der Waals surface area (Å²) in [6.07, 6.45) is 7.76. The van der Waals surface area contributed by atoms with Crippen LogP contribution >= 0.6 is 0 Å². The van der Waals surface area contributed by atoms with Gasteiger partial charge in [0.15, 0.2) is 0 Å². The molecule has 0 aliphatic heterocycles. The minimum atomic E-state index is 0.750. The minimum Gasteiger partial charge on any atom is -0.299 e. The van der Waals surface area contributed by atoms with Gasteiger partial charge in [0.05, 0.1) is 0 Å². The highest BCUT2D eigenvalue weighted by atomic mass is 16.1. The van der Waals surface area contributed by atoms with Crippen molar-refractivity contribution in [2.24, 2.45) is 0 Å². The molecule has 0 rings (SSSR count). The first-order valence-corrected chi connectivity index (χ1v) is 2.96. The highest BCUT2D eigenvalue weighted by molar-refractivity contribution is 5.64. The van der Waals surface area contributed by atoms with Crippen molar-refractivity contribution in [2.45, 2.75) is 13.8 Å². The van der Waals surface area contributed by atoms with Crippen molar-refractivity contribution in [2.75, 3.05) is 0 Å². The Morgan fingerprint density at radius 1 is 0.800 bits per heavy atom. The highest BCUT2D eigenvalue weighted by Crippen LogP contribution is 1.55. The maximum Gasteiger partial charge on any atom is 0.142 e. The van der Waals surface area contributed by atoms with Crippen molar-refractivity contribution in [3.8, 4) is 0 Å². The molecule has 0 radical (unpaired) electrons. The zero-order valence-corrected chi connectivity index (χ0v) is 6.28. The van der Waals surface area contributed by atoms with Crippen molar-refractivity contribution < 1.29 is 9.59 Å². The Morgan fingerprint density at radius 2 is 1.10 bits per heavy atom. The molecule has 10 heavy (non-hydrogen) atoms. The van der Waals surface area contributed by atoms with E-state index in [1.54, 1.807) is 26.0 Å². The van der Waals surface area contributed by atoms with Crippen LogP contribution in [0, 0.1) is 0 Å². The van der Waals surface area contributed by atoms with Gasteiger partial charge in [-0.05, 0) is 26.0 Å². The van der Waals surface area contributed by atoms with E-state index in [1.165, 1.54) is 12.2 Å². The Kier molecular flexibility index (Phi) is 18.2. The molecule has 2 heteroatoms. The van der Waals surface area contributed by atoms with E-state index in [0.29, 0.717) is 0 Å². The molecule has 0 aromatic carbocycles. The zero-order chi connectivity index (χ0) is 8.24. The summed E-state index contributed by atoms with van der Waals surface area (Å²) in [5.41, 5.74) is 0. The molecule has 0 N–H and O–H groups in total. The molecule has 0 atom stereocenters. The number of carbonyl (C=O) groups is 2. The lowest BCUT2D eigenvalue weighted by atomic mass is 10.6. The number of hydrogen-bond acceptors (Lipinski definition) is 2. The Labute approximate surface area is 61.2 Å². The molecule has 0 unspecified atom stereocenters. The van der Waals surface area contributed by atoms with E-state index in [-0.39, 0.29) is 0 Å². The molecular formula is C8H12O2. The Hall–Kier alpha value is -1.18. The van der Waals surface area contributed by atoms with Gasteiger partial charge in [-0.1, -0.05) is 12.2 Å². The van der Waals surface area contributed by atoms with Crippen LogP contribution in [0.25, 0.3) is 0 Å². The third-order valence-corrected chi connectivity index (χ3v) is 0.542. The molecule has 0 aromatic heterocycles. The van der Waals surface area contributed by atoms with Crippen LogP contribution in [0.15, 0.2) is 24.3 Å². The molecule has 0 heterocycles. The van der Waals surface area contributed by atoms with E-state index >= 15 is 0 Å². The lowest BCUT2D eigenvalue weighted by Crippen LogP contribution is -1.50. The van der Waals surface area contributed by atoms with Crippen molar-refractivity contribution in [1.82, 2.24) is 0 Å². The summed E-state index contributed by atoms with van der Waals surface area (Å²) in [7, 11) is 0. The maximum atomic E-state index is 9.32. The molecule has 2 nitrogen and oxygen atoms in total. The second-order valence-corrected chi connectivity index (χ2v) is 1.32. The quantitative estimate of drug-likeness (QED) is 0.430. The monoisotopic (exact) mass is 140 g/mol. The average molecular weight is 140 g/mol. The lowest BCUT2D eigenvalue weighted by molar-refractivity contribution is -0.104. The fourth-order valence-corrected chi connectivity index (χ4v) is 0.157. The van der Waals surface area contributed by atoms with E-state index in [9.17, 15) is 9.59 Å². The molecule has 0 saturated heterocycles. The van der Waals surface area contributed by atoms with Gasteiger partial charge >= 0.3 is 0 Å². The van der Waals surface area contributed by atoms with Gasteiger partial charge in [-0.3, -0.25) is 9.59 Å². The summed E-state index contributed by atoms with van der Waals surface area (Å²) in [6, 6.07) is 0. The van der Waals surface area contributed by atoms with Crippen LogP contribution in [0.2, 0.25) is 0 Å². The van der Waals surface area contributed by atoms with E-state index in [0.717, 1.165) is 12.6 Å². The standard InChI is InChI=1S/2C4H6O/c2*1-2-3-4-5/h2*2-4H,1H3/b3-2+;. The molecule has 0 aliphatic rings. The first kappa shape index (κ1) is 11.6. The van der Waals surface area contributed by atoms with Gasteiger partial charge in [0, 0.05) is 0 Å². The zero-order valence-electron chi connectivity index (χ0n) is 6.28. The molecule has 0 aromatic rings. The van der Waals surface area contributed by atoms with E-state index < -0.39 is 0 Å². The van der Waals surface area contributed by atoms with Gasteiger partial charge < -0.3 is 0 Å². The average Bonchev–Trinajstić information content (AvgIpc) is 1.93. The van der Waals surface area contributed by atoms with Gasteiger partial charge in [-0.2, -0.15) is 0 Å². The summed E-state index contributed by atoms with van der Waals surface area (Å²) in [4.78, 5) is 18.6. The normalized spacial score (nSPS) is 9.00. The summed E-state index contributed by atoms with van der Waals surface area (Å²) in [6.45, 7) is 3.60. The number of aldehydes is 2. The van der Waals surface area contributed by atoms with Crippen LogP contribution in [-0.4, -0.2) is 12.6 Å². The van der Waals surface area contributed by atoms with Gasteiger partial charge in [0.1, 0.15) is 12.6 Å². The van der Waals surface area contributed by atoms with Gasteiger partial charge in [-0.15, -0.1) is 0 Å². The molecule has 0 saturated carbocycles. The molecule has 0 amide bonds. The third-order valence-electron chi connectivity index (χ3n) is 0.542. The minimum absolute atomic E-state index is 0.750. The van der Waals surface area contributed by atoms with Crippen molar-refractivity contribution in [3.05, 3.63) is 24.3 Å². The Balaban J connectivity index is 0. The van der Waals surface area contributed by atoms with E-state index in [4.69, 9.17) is 0 Å². The predicted octanol–water partition coefficient (Wildman–Crippen LogP) is 1.52. The van der Waals surface area contributed by atoms with Gasteiger partial charge in [-0.25, -0.2) is 0 Å². The highest BCUT2D eigenvalue weighted by Gasteiger charge is 1.48. The van der Waals surface area contributed by atoms with Crippen molar-refractivity contribution >= 4 is 12.6 Å². The van der Waals surface area contributed by atoms with E-state index in [2.05, 4.69) is 0 Å². The summed E-state index contributed by atoms with van der Waals surface area (Å²) in [5.74, 6) is 0. The molecule has 0 aliphatic carbocycles. The smallest absolute Gasteiger partial charge is 0.142 e. The second kappa shape index (κ2) is 15.7. The largest absolute Gasteiger partial charge is 0.299 e. The molecule has 56 valence electrons. The van der Waals surface area contributed by atoms with Crippen LogP contribution < -0.4 is 0 Å². The van der Waals surface area contributed by atoms with Crippen LogP contribution in [0.3, 0.4) is 0 Å². The summed E-state index contributed by atoms with van der Waals surface area (Å²) >= 11 is 0. The predicted molar refractivity (Wildman–Crippen MR) is 41.8 cm³/mol. The Bertz CT molecular complexity index is 107. The summed E-state index contributed by atoms with van der Waals surface area (Å²) in [5, 5.41) is 0. The lowest BCUT2D eigenvalue weighted by Gasteiger charge is -1.51. The fourth-order valence-electron chi connectivity index (χ4n) is 0.157. The topological polar surface area (TPSA) is 34.1 Å². The molecule has 0 spiro atoms.